The number of hydrogen-bond donors (Lipinski definition) is 1. The predicted octanol–water partition coefficient (Wildman–Crippen LogP) is 1.32. The van der Waals surface area contributed by atoms with Crippen LogP contribution in [0, 0.1) is 5.92 Å². The smallest absolute Gasteiger partial charge is 0.242 e. The topological polar surface area (TPSA) is 35.6 Å². The van der Waals surface area contributed by atoms with E-state index in [-0.39, 0.29) is 5.54 Å². The number of piperazine rings is 1. The molecule has 0 radical (unpaired) electrons. The van der Waals surface area contributed by atoms with E-state index in [4.69, 9.17) is 0 Å². The minimum absolute atomic E-state index is 0.301. The lowest BCUT2D eigenvalue weighted by molar-refractivity contribution is -0.145. The molecule has 0 bridgehead atoms. The predicted molar refractivity (Wildman–Crippen MR) is 78.1 cm³/mol. The lowest BCUT2D eigenvalue weighted by Gasteiger charge is -2.43. The molecule has 19 heavy (non-hydrogen) atoms. The fourth-order valence-corrected chi connectivity index (χ4v) is 2.82. The number of rotatable bonds is 5. The van der Waals surface area contributed by atoms with Crippen molar-refractivity contribution in [3.63, 3.8) is 0 Å². The normalized spacial score (nSPS) is 21.7. The lowest BCUT2D eigenvalue weighted by atomic mass is 9.98. The molecule has 1 heterocycles. The molecule has 1 saturated heterocycles. The largest absolute Gasteiger partial charge is 0.338 e. The summed E-state index contributed by atoms with van der Waals surface area (Å²) in [6.45, 7) is 13.3. The zero-order valence-corrected chi connectivity index (χ0v) is 12.9. The first-order valence-electron chi connectivity index (χ1n) is 7.69. The van der Waals surface area contributed by atoms with E-state index in [9.17, 15) is 4.79 Å². The fourth-order valence-electron chi connectivity index (χ4n) is 2.82. The van der Waals surface area contributed by atoms with Gasteiger partial charge >= 0.3 is 0 Å². The SMILES string of the molecule is CC(C)N(CC1CC1)C(=O)C(C)(C)N1CCNCC1. The van der Waals surface area contributed by atoms with Crippen LogP contribution in [0.2, 0.25) is 0 Å². The van der Waals surface area contributed by atoms with Gasteiger partial charge in [0.1, 0.15) is 0 Å². The van der Waals surface area contributed by atoms with E-state index >= 15 is 0 Å². The molecule has 0 aromatic rings. The monoisotopic (exact) mass is 267 g/mol. The van der Waals surface area contributed by atoms with Gasteiger partial charge in [-0.1, -0.05) is 0 Å². The summed E-state index contributed by atoms with van der Waals surface area (Å²) < 4.78 is 0. The first-order valence-corrected chi connectivity index (χ1v) is 7.69. The molecule has 2 rings (SSSR count). The van der Waals surface area contributed by atoms with Gasteiger partial charge in [-0.25, -0.2) is 0 Å². The van der Waals surface area contributed by atoms with Gasteiger partial charge in [-0.3, -0.25) is 9.69 Å². The Morgan fingerprint density at radius 2 is 1.89 bits per heavy atom. The highest BCUT2D eigenvalue weighted by Crippen LogP contribution is 2.31. The zero-order valence-electron chi connectivity index (χ0n) is 12.9. The number of carbonyl (C=O) groups is 1. The summed E-state index contributed by atoms with van der Waals surface area (Å²) in [7, 11) is 0. The van der Waals surface area contributed by atoms with E-state index in [1.54, 1.807) is 0 Å². The lowest BCUT2D eigenvalue weighted by Crippen LogP contribution is -2.61. The molecule has 4 nitrogen and oxygen atoms in total. The molecule has 1 aliphatic carbocycles. The average Bonchev–Trinajstić information content (AvgIpc) is 3.20. The Bertz CT molecular complexity index is 317. The summed E-state index contributed by atoms with van der Waals surface area (Å²) in [6, 6.07) is 0.301. The molecule has 0 unspecified atom stereocenters. The van der Waals surface area contributed by atoms with E-state index < -0.39 is 0 Å². The standard InChI is InChI=1S/C15H29N3O/c1-12(2)18(11-13-5-6-13)14(19)15(3,4)17-9-7-16-8-10-17/h12-13,16H,5-11H2,1-4H3. The van der Waals surface area contributed by atoms with Crippen molar-refractivity contribution >= 4 is 5.91 Å². The van der Waals surface area contributed by atoms with E-state index in [2.05, 4.69) is 42.8 Å². The third-order valence-corrected chi connectivity index (χ3v) is 4.47. The van der Waals surface area contributed by atoms with Crippen molar-refractivity contribution in [3.8, 4) is 0 Å². The highest BCUT2D eigenvalue weighted by atomic mass is 16.2. The summed E-state index contributed by atoms with van der Waals surface area (Å²) in [4.78, 5) is 17.4. The molecule has 0 aromatic heterocycles. The van der Waals surface area contributed by atoms with Crippen molar-refractivity contribution < 1.29 is 4.79 Å². The first-order chi connectivity index (χ1) is 8.93. The van der Waals surface area contributed by atoms with E-state index in [1.165, 1.54) is 12.8 Å². The Kier molecular flexibility index (Phi) is 4.51. The molecule has 1 aliphatic heterocycles. The molecular weight excluding hydrogens is 238 g/mol. The Morgan fingerprint density at radius 3 is 2.37 bits per heavy atom. The van der Waals surface area contributed by atoms with Crippen LogP contribution in [0.5, 0.6) is 0 Å². The maximum Gasteiger partial charge on any atom is 0.242 e. The van der Waals surface area contributed by atoms with Crippen LogP contribution >= 0.6 is 0 Å². The van der Waals surface area contributed by atoms with Crippen molar-refractivity contribution in [3.05, 3.63) is 0 Å². The highest BCUT2D eigenvalue weighted by molar-refractivity contribution is 5.85. The van der Waals surface area contributed by atoms with Crippen molar-refractivity contribution in [2.24, 2.45) is 5.92 Å². The molecule has 1 amide bonds. The van der Waals surface area contributed by atoms with Gasteiger partial charge in [-0.05, 0) is 46.5 Å². The van der Waals surface area contributed by atoms with Gasteiger partial charge in [0.2, 0.25) is 5.91 Å². The van der Waals surface area contributed by atoms with Crippen LogP contribution in [-0.4, -0.2) is 60.0 Å². The number of nitrogens with one attached hydrogen (secondary N) is 1. The van der Waals surface area contributed by atoms with E-state index in [1.807, 2.05) is 0 Å². The molecular formula is C15H29N3O. The number of carbonyl (C=O) groups excluding carboxylic acids is 1. The van der Waals surface area contributed by atoms with Gasteiger partial charge in [0.05, 0.1) is 5.54 Å². The van der Waals surface area contributed by atoms with Crippen molar-refractivity contribution in [1.82, 2.24) is 15.1 Å². The Labute approximate surface area is 117 Å². The summed E-state index contributed by atoms with van der Waals surface area (Å²) in [5, 5.41) is 3.35. The molecule has 2 aliphatic rings. The summed E-state index contributed by atoms with van der Waals surface area (Å²) in [5.41, 5.74) is -0.374. The van der Waals surface area contributed by atoms with Gasteiger partial charge < -0.3 is 10.2 Å². The Hall–Kier alpha value is -0.610. The van der Waals surface area contributed by atoms with Crippen LogP contribution in [0.4, 0.5) is 0 Å². The summed E-state index contributed by atoms with van der Waals surface area (Å²) in [5.74, 6) is 1.06. The van der Waals surface area contributed by atoms with Gasteiger partial charge in [-0.15, -0.1) is 0 Å². The van der Waals surface area contributed by atoms with Crippen LogP contribution in [0.15, 0.2) is 0 Å². The molecule has 0 aromatic carbocycles. The minimum Gasteiger partial charge on any atom is -0.338 e. The third-order valence-electron chi connectivity index (χ3n) is 4.47. The quantitative estimate of drug-likeness (QED) is 0.816. The van der Waals surface area contributed by atoms with Crippen LogP contribution in [0.3, 0.4) is 0 Å². The van der Waals surface area contributed by atoms with Crippen LogP contribution in [0.25, 0.3) is 0 Å². The average molecular weight is 267 g/mol. The Morgan fingerprint density at radius 1 is 1.32 bits per heavy atom. The maximum atomic E-state index is 12.9. The zero-order chi connectivity index (χ0) is 14.0. The highest BCUT2D eigenvalue weighted by Gasteiger charge is 2.40. The van der Waals surface area contributed by atoms with Crippen molar-refractivity contribution in [2.75, 3.05) is 32.7 Å². The molecule has 0 spiro atoms. The van der Waals surface area contributed by atoms with Gasteiger partial charge in [0.25, 0.3) is 0 Å². The van der Waals surface area contributed by atoms with Gasteiger partial charge in [0, 0.05) is 38.8 Å². The number of hydrogen-bond acceptors (Lipinski definition) is 3. The van der Waals surface area contributed by atoms with Crippen LogP contribution < -0.4 is 5.32 Å². The van der Waals surface area contributed by atoms with Crippen LogP contribution in [-0.2, 0) is 4.79 Å². The van der Waals surface area contributed by atoms with Gasteiger partial charge in [0.15, 0.2) is 0 Å². The molecule has 110 valence electrons. The van der Waals surface area contributed by atoms with Crippen molar-refractivity contribution in [1.29, 1.82) is 0 Å². The third kappa shape index (κ3) is 3.48. The minimum atomic E-state index is -0.374. The van der Waals surface area contributed by atoms with Crippen LogP contribution in [0.1, 0.15) is 40.5 Å². The maximum absolute atomic E-state index is 12.9. The molecule has 1 saturated carbocycles. The summed E-state index contributed by atoms with van der Waals surface area (Å²) in [6.07, 6.45) is 2.59. The fraction of sp³-hybridized carbons (Fsp3) is 0.933. The van der Waals surface area contributed by atoms with Gasteiger partial charge in [-0.2, -0.15) is 0 Å². The molecule has 4 heteroatoms. The number of nitrogens with zero attached hydrogens (tertiary/aromatic N) is 2. The van der Waals surface area contributed by atoms with Crippen molar-refractivity contribution in [2.45, 2.75) is 52.1 Å². The molecule has 2 fully saturated rings. The van der Waals surface area contributed by atoms with E-state index in [0.29, 0.717) is 11.9 Å². The molecule has 1 N–H and O–H groups in total. The Balaban J connectivity index is 2.04. The molecule has 0 atom stereocenters. The first kappa shape index (κ1) is 14.8. The number of amides is 1. The summed E-state index contributed by atoms with van der Waals surface area (Å²) >= 11 is 0. The second kappa shape index (κ2) is 5.80. The second-order valence-corrected chi connectivity index (χ2v) is 6.79. The van der Waals surface area contributed by atoms with E-state index in [0.717, 1.165) is 38.6 Å². The second-order valence-electron chi connectivity index (χ2n) is 6.79.